The average Bonchev–Trinajstić information content (AvgIpc) is 3.10. The van der Waals surface area contributed by atoms with Gasteiger partial charge in [0.1, 0.15) is 0 Å². The molecule has 0 aromatic carbocycles. The highest BCUT2D eigenvalue weighted by Gasteiger charge is 2.22. The van der Waals surface area contributed by atoms with E-state index in [0.29, 0.717) is 18.4 Å². The number of carbonyl (C=O) groups excluding carboxylic acids is 1. The largest absolute Gasteiger partial charge is 0.385 e. The van der Waals surface area contributed by atoms with E-state index in [0.717, 1.165) is 80.4 Å². The van der Waals surface area contributed by atoms with Gasteiger partial charge in [-0.05, 0) is 52.0 Å². The first-order chi connectivity index (χ1) is 14.5. The predicted octanol–water partition coefficient (Wildman–Crippen LogP) is 3.02. The molecule has 30 heavy (non-hydrogen) atoms. The molecule has 6 heteroatoms. The molecule has 0 aliphatic carbocycles. The lowest BCUT2D eigenvalue weighted by molar-refractivity contribution is -0.132. The zero-order valence-corrected chi connectivity index (χ0v) is 19.7. The second-order valence-electron chi connectivity index (χ2n) is 7.79. The number of nitrogens with zero attached hydrogens (tertiary/aromatic N) is 2. The molecule has 2 N–H and O–H groups in total. The molecule has 1 fully saturated rings. The summed E-state index contributed by atoms with van der Waals surface area (Å²) in [5.74, 6) is 0.292. The van der Waals surface area contributed by atoms with Crippen molar-refractivity contribution >= 4 is 17.7 Å². The zero-order chi connectivity index (χ0) is 22.4. The fraction of sp³-hybridized carbons (Fsp3) is 0.667. The van der Waals surface area contributed by atoms with Crippen molar-refractivity contribution in [2.24, 2.45) is 0 Å². The molecule has 1 saturated heterocycles. The van der Waals surface area contributed by atoms with Crippen LogP contribution in [-0.2, 0) is 9.53 Å². The number of hydrogen-bond acceptors (Lipinski definition) is 4. The third-order valence-electron chi connectivity index (χ3n) is 5.06. The van der Waals surface area contributed by atoms with Gasteiger partial charge in [0.2, 0.25) is 5.91 Å². The van der Waals surface area contributed by atoms with E-state index >= 15 is 0 Å². The minimum atomic E-state index is 0.292. The van der Waals surface area contributed by atoms with Gasteiger partial charge >= 0.3 is 0 Å². The summed E-state index contributed by atoms with van der Waals surface area (Å²) in [4.78, 5) is 13.9. The van der Waals surface area contributed by atoms with E-state index in [4.69, 9.17) is 4.74 Å². The molecule has 1 aromatic heterocycles. The first-order valence-corrected chi connectivity index (χ1v) is 11.4. The standard InChI is InChI=1S/C18H28N4O.C6H14O/c1-5-7-16-18(14(4)20-21-16)13(3)19-15-9-11-22(12-10-15)17(23)8-6-2;1-3-5-7-6-4-2/h5,7,15,19,21H,1,6,8-12H2,2-4H3;3-6H2,1-2H3/b16-7+,18-13+;. The molecule has 0 bridgehead atoms. The van der Waals surface area contributed by atoms with Crippen LogP contribution in [0.4, 0.5) is 0 Å². The summed E-state index contributed by atoms with van der Waals surface area (Å²) in [5.41, 5.74) is 2.11. The van der Waals surface area contributed by atoms with Crippen LogP contribution in [0.15, 0.2) is 12.7 Å². The number of amides is 1. The highest BCUT2D eigenvalue weighted by molar-refractivity contribution is 5.76. The quantitative estimate of drug-likeness (QED) is 0.605. The van der Waals surface area contributed by atoms with Crippen molar-refractivity contribution in [3.05, 3.63) is 28.9 Å². The molecule has 1 aliphatic heterocycles. The topological polar surface area (TPSA) is 70.2 Å². The summed E-state index contributed by atoms with van der Waals surface area (Å²) in [7, 11) is 0. The Hall–Kier alpha value is -2.08. The van der Waals surface area contributed by atoms with Crippen LogP contribution in [-0.4, -0.2) is 53.3 Å². The second kappa shape index (κ2) is 14.8. The summed E-state index contributed by atoms with van der Waals surface area (Å²) < 4.78 is 5.13. The van der Waals surface area contributed by atoms with E-state index in [2.05, 4.69) is 49.8 Å². The average molecular weight is 419 g/mol. The number of aromatic amines is 1. The molecule has 1 aliphatic rings. The van der Waals surface area contributed by atoms with Gasteiger partial charge in [0.25, 0.3) is 0 Å². The maximum absolute atomic E-state index is 11.9. The SMILES string of the molecule is C=C/C=c1/[nH]nc(C)/c1=C(/C)NC1CCN(C(=O)CCC)CC1.CCCOCCC. The van der Waals surface area contributed by atoms with Crippen LogP contribution in [0.3, 0.4) is 0 Å². The number of allylic oxidation sites excluding steroid dienone is 1. The lowest BCUT2D eigenvalue weighted by atomic mass is 10.0. The van der Waals surface area contributed by atoms with E-state index in [1.54, 1.807) is 6.08 Å². The van der Waals surface area contributed by atoms with Crippen molar-refractivity contribution in [1.29, 1.82) is 0 Å². The first kappa shape index (κ1) is 26.0. The Balaban J connectivity index is 0.000000553. The van der Waals surface area contributed by atoms with Gasteiger partial charge in [-0.15, -0.1) is 0 Å². The maximum atomic E-state index is 11.9. The van der Waals surface area contributed by atoms with Crippen LogP contribution in [0.2, 0.25) is 0 Å². The van der Waals surface area contributed by atoms with Gasteiger partial charge in [-0.25, -0.2) is 0 Å². The minimum Gasteiger partial charge on any atom is -0.385 e. The monoisotopic (exact) mass is 418 g/mol. The summed E-state index contributed by atoms with van der Waals surface area (Å²) in [6.45, 7) is 17.7. The van der Waals surface area contributed by atoms with E-state index in [1.165, 1.54) is 0 Å². The van der Waals surface area contributed by atoms with E-state index in [9.17, 15) is 4.79 Å². The van der Waals surface area contributed by atoms with Crippen molar-refractivity contribution in [3.8, 4) is 0 Å². The van der Waals surface area contributed by atoms with Gasteiger partial charge in [0, 0.05) is 49.7 Å². The number of aryl methyl sites for hydroxylation is 1. The number of ether oxygens (including phenoxy) is 1. The number of nitrogens with one attached hydrogen (secondary N) is 2. The molecule has 0 unspecified atom stereocenters. The molecule has 170 valence electrons. The Kier molecular flexibility index (Phi) is 12.8. The van der Waals surface area contributed by atoms with Gasteiger partial charge < -0.3 is 15.0 Å². The number of carbonyl (C=O) groups is 1. The third kappa shape index (κ3) is 8.74. The van der Waals surface area contributed by atoms with Gasteiger partial charge in [0.05, 0.1) is 11.0 Å². The van der Waals surface area contributed by atoms with Crippen LogP contribution in [0, 0.1) is 6.92 Å². The Labute approximate surface area is 182 Å². The van der Waals surface area contributed by atoms with Crippen molar-refractivity contribution in [2.45, 2.75) is 79.2 Å². The summed E-state index contributed by atoms with van der Waals surface area (Å²) >= 11 is 0. The minimum absolute atomic E-state index is 0.292. The molecule has 0 radical (unpaired) electrons. The van der Waals surface area contributed by atoms with Crippen LogP contribution in [0.1, 0.15) is 71.9 Å². The van der Waals surface area contributed by atoms with Crippen LogP contribution in [0.25, 0.3) is 11.8 Å². The number of hydrogen-bond donors (Lipinski definition) is 2. The third-order valence-corrected chi connectivity index (χ3v) is 5.06. The zero-order valence-electron chi connectivity index (χ0n) is 19.7. The Morgan fingerprint density at radius 1 is 1.23 bits per heavy atom. The number of H-pyrrole nitrogens is 1. The molecule has 1 aromatic rings. The second-order valence-corrected chi connectivity index (χ2v) is 7.79. The van der Waals surface area contributed by atoms with Gasteiger partial charge in [-0.3, -0.25) is 9.89 Å². The number of rotatable bonds is 9. The molecule has 0 atom stereocenters. The molecule has 1 amide bonds. The molecular weight excluding hydrogens is 376 g/mol. The number of piperidine rings is 1. The number of aromatic nitrogens is 2. The summed E-state index contributed by atoms with van der Waals surface area (Å²) in [6, 6.07) is 0.409. The van der Waals surface area contributed by atoms with Crippen molar-refractivity contribution in [1.82, 2.24) is 20.4 Å². The van der Waals surface area contributed by atoms with Crippen molar-refractivity contribution in [3.63, 3.8) is 0 Å². The lowest BCUT2D eigenvalue weighted by Crippen LogP contribution is -2.45. The van der Waals surface area contributed by atoms with E-state index < -0.39 is 0 Å². The lowest BCUT2D eigenvalue weighted by Gasteiger charge is -2.33. The maximum Gasteiger partial charge on any atom is 0.222 e. The molecule has 2 heterocycles. The fourth-order valence-electron chi connectivity index (χ4n) is 3.58. The smallest absolute Gasteiger partial charge is 0.222 e. The molecule has 0 spiro atoms. The van der Waals surface area contributed by atoms with Gasteiger partial charge in [0.15, 0.2) is 0 Å². The highest BCUT2D eigenvalue weighted by Crippen LogP contribution is 2.13. The van der Waals surface area contributed by atoms with Crippen LogP contribution in [0.5, 0.6) is 0 Å². The predicted molar refractivity (Wildman–Crippen MR) is 125 cm³/mol. The molecule has 0 saturated carbocycles. The molecule has 6 nitrogen and oxygen atoms in total. The van der Waals surface area contributed by atoms with Gasteiger partial charge in [-0.1, -0.05) is 33.4 Å². The highest BCUT2D eigenvalue weighted by atomic mass is 16.5. The summed E-state index contributed by atoms with van der Waals surface area (Å²) in [5, 5.41) is 13.0. The summed E-state index contributed by atoms with van der Waals surface area (Å²) in [6.07, 6.45) is 9.55. The normalized spacial score (nSPS) is 16.0. The van der Waals surface area contributed by atoms with Crippen LogP contribution >= 0.6 is 0 Å². The van der Waals surface area contributed by atoms with E-state index in [-0.39, 0.29) is 0 Å². The fourth-order valence-corrected chi connectivity index (χ4v) is 3.58. The number of likely N-dealkylation sites (tertiary alicyclic amines) is 1. The van der Waals surface area contributed by atoms with E-state index in [1.807, 2.05) is 17.9 Å². The molecule has 2 rings (SSSR count). The van der Waals surface area contributed by atoms with Crippen molar-refractivity contribution < 1.29 is 9.53 Å². The molecular formula is C24H42N4O2. The Bertz CT molecular complexity index is 742. The van der Waals surface area contributed by atoms with Crippen LogP contribution < -0.4 is 15.9 Å². The Morgan fingerprint density at radius 3 is 2.40 bits per heavy atom. The van der Waals surface area contributed by atoms with Crippen molar-refractivity contribution in [2.75, 3.05) is 26.3 Å². The first-order valence-electron chi connectivity index (χ1n) is 11.4. The van der Waals surface area contributed by atoms with Gasteiger partial charge in [-0.2, -0.15) is 5.10 Å². The Morgan fingerprint density at radius 2 is 1.87 bits per heavy atom.